The highest BCUT2D eigenvalue weighted by Gasteiger charge is 2.21. The molecule has 0 radical (unpaired) electrons. The Bertz CT molecular complexity index is 179. The van der Waals surface area contributed by atoms with Crippen molar-refractivity contribution in [3.05, 3.63) is 12.0 Å². The van der Waals surface area contributed by atoms with Gasteiger partial charge in [-0.2, -0.15) is 0 Å². The Kier molecular flexibility index (Phi) is 2.17. The molecule has 0 aliphatic carbocycles. The Hall–Kier alpha value is -0.700. The van der Waals surface area contributed by atoms with Crippen LogP contribution in [0.4, 0.5) is 4.79 Å². The fraction of sp³-hybridized carbons (Fsp3) is 0.500. The molecule has 1 aliphatic rings. The van der Waals surface area contributed by atoms with E-state index in [0.29, 0.717) is 19.0 Å². The van der Waals surface area contributed by atoms with Crippen molar-refractivity contribution in [2.45, 2.75) is 6.92 Å². The van der Waals surface area contributed by atoms with Gasteiger partial charge in [-0.05, 0) is 24.6 Å². The van der Waals surface area contributed by atoms with E-state index >= 15 is 0 Å². The van der Waals surface area contributed by atoms with Crippen molar-refractivity contribution >= 4 is 17.0 Å². The number of halogens is 1. The maximum absolute atomic E-state index is 10.6. The molecule has 0 spiro atoms. The summed E-state index contributed by atoms with van der Waals surface area (Å²) in [6.45, 7) is 2.90. The molecular weight excluding hydrogens is 154 g/mol. The molecule has 1 aliphatic heterocycles. The lowest BCUT2D eigenvalue weighted by atomic mass is 10.6. The number of hydrogen-bond donors (Lipinski definition) is 0. The lowest BCUT2D eigenvalue weighted by molar-refractivity contribution is 0.219. The number of nitrogens with zero attached hydrogens (tertiary/aromatic N) is 1. The number of amides is 1. The summed E-state index contributed by atoms with van der Waals surface area (Å²) in [6, 6.07) is 0. The van der Waals surface area contributed by atoms with E-state index in [-0.39, 0.29) is 0 Å². The van der Waals surface area contributed by atoms with Gasteiger partial charge in [0.2, 0.25) is 0 Å². The second-order valence-electron chi connectivity index (χ2n) is 1.88. The summed E-state index contributed by atoms with van der Waals surface area (Å²) in [7, 11) is 0. The SMILES string of the molecule is CC=C1OCCN1C(=O)Cl. The second kappa shape index (κ2) is 2.92. The van der Waals surface area contributed by atoms with Gasteiger partial charge in [0.1, 0.15) is 6.61 Å². The molecule has 0 atom stereocenters. The summed E-state index contributed by atoms with van der Waals surface area (Å²) in [4.78, 5) is 12.0. The Morgan fingerprint density at radius 2 is 2.60 bits per heavy atom. The van der Waals surface area contributed by atoms with Crippen molar-refractivity contribution in [2.24, 2.45) is 0 Å². The third-order valence-corrected chi connectivity index (χ3v) is 1.49. The molecule has 10 heavy (non-hydrogen) atoms. The molecule has 3 nitrogen and oxygen atoms in total. The van der Waals surface area contributed by atoms with Crippen LogP contribution in [0.1, 0.15) is 6.92 Å². The number of carbonyl (C=O) groups is 1. The summed E-state index contributed by atoms with van der Waals surface area (Å²) >= 11 is 5.22. The zero-order valence-electron chi connectivity index (χ0n) is 5.63. The van der Waals surface area contributed by atoms with E-state index in [9.17, 15) is 4.79 Å². The Morgan fingerprint density at radius 1 is 1.90 bits per heavy atom. The minimum Gasteiger partial charge on any atom is -0.477 e. The van der Waals surface area contributed by atoms with Crippen molar-refractivity contribution in [1.29, 1.82) is 0 Å². The van der Waals surface area contributed by atoms with Crippen molar-refractivity contribution in [3.8, 4) is 0 Å². The van der Waals surface area contributed by atoms with Gasteiger partial charge >= 0.3 is 5.37 Å². The molecule has 0 unspecified atom stereocenters. The van der Waals surface area contributed by atoms with E-state index in [4.69, 9.17) is 16.3 Å². The van der Waals surface area contributed by atoms with Gasteiger partial charge in [-0.15, -0.1) is 0 Å². The number of hydrogen-bond acceptors (Lipinski definition) is 2. The van der Waals surface area contributed by atoms with E-state index in [1.54, 1.807) is 13.0 Å². The van der Waals surface area contributed by atoms with Crippen molar-refractivity contribution in [2.75, 3.05) is 13.2 Å². The lowest BCUT2D eigenvalue weighted by Crippen LogP contribution is -2.20. The topological polar surface area (TPSA) is 29.5 Å². The monoisotopic (exact) mass is 161 g/mol. The van der Waals surface area contributed by atoms with Crippen molar-refractivity contribution in [1.82, 2.24) is 4.90 Å². The van der Waals surface area contributed by atoms with Crippen LogP contribution in [0.2, 0.25) is 0 Å². The fourth-order valence-electron chi connectivity index (χ4n) is 0.843. The first-order valence-electron chi connectivity index (χ1n) is 3.02. The predicted octanol–water partition coefficient (Wildman–Crippen LogP) is 1.54. The second-order valence-corrected chi connectivity index (χ2v) is 2.20. The van der Waals surface area contributed by atoms with Gasteiger partial charge in [-0.1, -0.05) is 0 Å². The maximum Gasteiger partial charge on any atom is 0.323 e. The van der Waals surface area contributed by atoms with E-state index in [2.05, 4.69) is 0 Å². The summed E-state index contributed by atoms with van der Waals surface area (Å²) < 4.78 is 5.06. The van der Waals surface area contributed by atoms with E-state index in [0.717, 1.165) is 0 Å². The normalized spacial score (nSPS) is 21.4. The Morgan fingerprint density at radius 3 is 3.00 bits per heavy atom. The first-order chi connectivity index (χ1) is 4.75. The van der Waals surface area contributed by atoms with E-state index < -0.39 is 5.37 Å². The number of ether oxygens (including phenoxy) is 1. The van der Waals surface area contributed by atoms with Gasteiger partial charge in [0.25, 0.3) is 0 Å². The molecule has 1 saturated heterocycles. The number of carbonyl (C=O) groups excluding carboxylic acids is 1. The van der Waals surface area contributed by atoms with E-state index in [1.807, 2.05) is 0 Å². The van der Waals surface area contributed by atoms with Crippen LogP contribution in [0.5, 0.6) is 0 Å². The molecule has 0 aromatic heterocycles. The van der Waals surface area contributed by atoms with Crippen molar-refractivity contribution in [3.63, 3.8) is 0 Å². The zero-order chi connectivity index (χ0) is 7.56. The third-order valence-electron chi connectivity index (χ3n) is 1.29. The molecule has 0 aromatic rings. The smallest absolute Gasteiger partial charge is 0.323 e. The zero-order valence-corrected chi connectivity index (χ0v) is 6.39. The molecule has 1 rings (SSSR count). The fourth-order valence-corrected chi connectivity index (χ4v) is 1.01. The van der Waals surface area contributed by atoms with Gasteiger partial charge in [0, 0.05) is 0 Å². The lowest BCUT2D eigenvalue weighted by Gasteiger charge is -2.08. The molecule has 1 fully saturated rings. The molecule has 0 N–H and O–H groups in total. The summed E-state index contributed by atoms with van der Waals surface area (Å²) in [5.74, 6) is 0.556. The molecule has 1 heterocycles. The minimum atomic E-state index is -0.481. The molecule has 1 amide bonds. The third kappa shape index (κ3) is 1.24. The van der Waals surface area contributed by atoms with Gasteiger partial charge in [-0.25, -0.2) is 0 Å². The molecular formula is C6H8ClNO2. The predicted molar refractivity (Wildman–Crippen MR) is 37.7 cm³/mol. The largest absolute Gasteiger partial charge is 0.477 e. The molecule has 0 aromatic carbocycles. The average Bonchev–Trinajstić information content (AvgIpc) is 2.33. The number of rotatable bonds is 0. The Balaban J connectivity index is 2.68. The van der Waals surface area contributed by atoms with Gasteiger partial charge < -0.3 is 4.74 Å². The van der Waals surface area contributed by atoms with Crippen LogP contribution in [-0.4, -0.2) is 23.4 Å². The van der Waals surface area contributed by atoms with Crippen LogP contribution in [0.3, 0.4) is 0 Å². The average molecular weight is 162 g/mol. The Labute approximate surface area is 64.2 Å². The standard InChI is InChI=1S/C6H8ClNO2/c1-2-5-8(6(7)9)3-4-10-5/h2H,3-4H2,1H3. The number of allylic oxidation sites excluding steroid dienone is 1. The molecule has 0 bridgehead atoms. The highest BCUT2D eigenvalue weighted by Crippen LogP contribution is 2.15. The van der Waals surface area contributed by atoms with Gasteiger partial charge in [0.15, 0.2) is 5.88 Å². The van der Waals surface area contributed by atoms with Crippen LogP contribution in [0, 0.1) is 0 Å². The van der Waals surface area contributed by atoms with Crippen LogP contribution in [0.25, 0.3) is 0 Å². The molecule has 4 heteroatoms. The summed E-state index contributed by atoms with van der Waals surface area (Å²) in [5.41, 5.74) is 0. The molecule has 56 valence electrons. The van der Waals surface area contributed by atoms with Crippen LogP contribution >= 0.6 is 11.6 Å². The highest BCUT2D eigenvalue weighted by molar-refractivity contribution is 6.63. The summed E-state index contributed by atoms with van der Waals surface area (Å²) in [5, 5.41) is -0.481. The molecule has 0 saturated carbocycles. The minimum absolute atomic E-state index is 0.481. The highest BCUT2D eigenvalue weighted by atomic mass is 35.5. The van der Waals surface area contributed by atoms with Gasteiger partial charge in [-0.3, -0.25) is 9.69 Å². The van der Waals surface area contributed by atoms with E-state index in [1.165, 1.54) is 4.90 Å². The quantitative estimate of drug-likeness (QED) is 0.399. The van der Waals surface area contributed by atoms with Crippen LogP contribution < -0.4 is 0 Å². The maximum atomic E-state index is 10.6. The van der Waals surface area contributed by atoms with Crippen LogP contribution in [0.15, 0.2) is 12.0 Å². The first-order valence-corrected chi connectivity index (χ1v) is 3.39. The summed E-state index contributed by atoms with van der Waals surface area (Å²) in [6.07, 6.45) is 1.72. The van der Waals surface area contributed by atoms with Gasteiger partial charge in [0.05, 0.1) is 6.54 Å². The van der Waals surface area contributed by atoms with Crippen LogP contribution in [-0.2, 0) is 4.74 Å². The first kappa shape index (κ1) is 7.41. The van der Waals surface area contributed by atoms with Crippen molar-refractivity contribution < 1.29 is 9.53 Å².